The van der Waals surface area contributed by atoms with Crippen molar-refractivity contribution in [3.8, 4) is 17.1 Å². The van der Waals surface area contributed by atoms with E-state index in [2.05, 4.69) is 45.8 Å². The maximum absolute atomic E-state index is 6.06. The van der Waals surface area contributed by atoms with Crippen LogP contribution in [0.3, 0.4) is 0 Å². The number of aromatic nitrogens is 2. The van der Waals surface area contributed by atoms with Gasteiger partial charge < -0.3 is 10.5 Å². The molecule has 1 aliphatic heterocycles. The third kappa shape index (κ3) is 2.16. The highest BCUT2D eigenvalue weighted by atomic mass is 79.9. The predicted octanol–water partition coefficient (Wildman–Crippen LogP) is 3.51. The van der Waals surface area contributed by atoms with Crippen LogP contribution in [0.2, 0.25) is 0 Å². The van der Waals surface area contributed by atoms with Crippen molar-refractivity contribution in [3.63, 3.8) is 0 Å². The molecule has 2 N–H and O–H groups in total. The quantitative estimate of drug-likeness (QED) is 0.867. The molecule has 5 heteroatoms. The molecule has 1 aromatic heterocycles. The summed E-state index contributed by atoms with van der Waals surface area (Å²) >= 11 is 3.39. The van der Waals surface area contributed by atoms with Crippen molar-refractivity contribution in [2.75, 3.05) is 5.73 Å². The number of fused-ring (bicyclic) bond motifs is 1. The number of rotatable bonds is 1. The highest BCUT2D eigenvalue weighted by Crippen LogP contribution is 2.41. The van der Waals surface area contributed by atoms with E-state index in [1.165, 1.54) is 5.56 Å². The molecule has 0 bridgehead atoms. The number of halogens is 1. The Hall–Kier alpha value is -1.62. The van der Waals surface area contributed by atoms with Crippen LogP contribution in [0.4, 0.5) is 5.82 Å². The van der Waals surface area contributed by atoms with Crippen LogP contribution in [0.15, 0.2) is 22.7 Å². The van der Waals surface area contributed by atoms with Gasteiger partial charge in [-0.1, -0.05) is 12.1 Å². The van der Waals surface area contributed by atoms with Gasteiger partial charge in [0.05, 0.1) is 15.7 Å². The Kier molecular flexibility index (Phi) is 2.97. The smallest absolute Gasteiger partial charge is 0.165 e. The molecular weight excluding hydrogens is 318 g/mol. The Balaban J connectivity index is 2.16. The van der Waals surface area contributed by atoms with Crippen molar-refractivity contribution < 1.29 is 4.74 Å². The van der Waals surface area contributed by atoms with Gasteiger partial charge in [0.1, 0.15) is 17.2 Å². The van der Waals surface area contributed by atoms with Gasteiger partial charge in [-0.25, -0.2) is 9.97 Å². The van der Waals surface area contributed by atoms with E-state index in [1.807, 2.05) is 19.1 Å². The van der Waals surface area contributed by atoms with Crippen LogP contribution < -0.4 is 10.5 Å². The molecular formula is C15H16BrN3O. The minimum absolute atomic E-state index is 0.186. The summed E-state index contributed by atoms with van der Waals surface area (Å²) < 4.78 is 6.80. The van der Waals surface area contributed by atoms with Gasteiger partial charge in [0, 0.05) is 6.42 Å². The zero-order chi connectivity index (χ0) is 14.5. The van der Waals surface area contributed by atoms with E-state index < -0.39 is 0 Å². The fourth-order valence-corrected chi connectivity index (χ4v) is 2.67. The van der Waals surface area contributed by atoms with Gasteiger partial charge in [-0.15, -0.1) is 0 Å². The van der Waals surface area contributed by atoms with Crippen molar-refractivity contribution in [2.45, 2.75) is 32.8 Å². The number of aryl methyl sites for hydroxylation is 1. The molecule has 0 saturated carbocycles. The second-order valence-corrected chi connectivity index (χ2v) is 6.46. The molecule has 0 radical (unpaired) electrons. The number of benzene rings is 1. The minimum atomic E-state index is -0.186. The first-order valence-corrected chi connectivity index (χ1v) is 7.27. The van der Waals surface area contributed by atoms with Crippen LogP contribution in [0.1, 0.15) is 25.1 Å². The van der Waals surface area contributed by atoms with Crippen molar-refractivity contribution >= 4 is 21.7 Å². The average molecular weight is 334 g/mol. The maximum atomic E-state index is 6.06. The largest absolute Gasteiger partial charge is 0.486 e. The Labute approximate surface area is 126 Å². The lowest BCUT2D eigenvalue weighted by atomic mass is 10.0. The standard InChI is InChI=1S/C15H16BrN3O/c1-8-11(16)13(17)19-14(18-8)10-6-4-5-9-7-15(2,3)20-12(9)10/h4-6H,7H2,1-3H3,(H2,17,18,19). The lowest BCUT2D eigenvalue weighted by molar-refractivity contribution is 0.139. The van der Waals surface area contributed by atoms with E-state index in [0.29, 0.717) is 11.6 Å². The first-order chi connectivity index (χ1) is 9.37. The van der Waals surface area contributed by atoms with E-state index in [4.69, 9.17) is 10.5 Å². The molecule has 0 amide bonds. The highest BCUT2D eigenvalue weighted by molar-refractivity contribution is 9.10. The van der Waals surface area contributed by atoms with Crippen LogP contribution in [0.5, 0.6) is 5.75 Å². The summed E-state index contributed by atoms with van der Waals surface area (Å²) in [6.45, 7) is 6.07. The van der Waals surface area contributed by atoms with Crippen LogP contribution >= 0.6 is 15.9 Å². The van der Waals surface area contributed by atoms with Gasteiger partial charge in [0.2, 0.25) is 0 Å². The summed E-state index contributed by atoms with van der Waals surface area (Å²) in [5.41, 5.74) is 8.64. The molecule has 0 atom stereocenters. The van der Waals surface area contributed by atoms with E-state index in [1.54, 1.807) is 0 Å². The number of para-hydroxylation sites is 1. The Morgan fingerprint density at radius 1 is 1.30 bits per heavy atom. The van der Waals surface area contributed by atoms with Crippen LogP contribution in [0, 0.1) is 6.92 Å². The molecule has 20 heavy (non-hydrogen) atoms. The lowest BCUT2D eigenvalue weighted by Crippen LogP contribution is -2.24. The Morgan fingerprint density at radius 3 is 2.75 bits per heavy atom. The topological polar surface area (TPSA) is 61.0 Å². The van der Waals surface area contributed by atoms with Crippen LogP contribution in [-0.4, -0.2) is 15.6 Å². The summed E-state index contributed by atoms with van der Waals surface area (Å²) in [6, 6.07) is 6.07. The molecule has 0 spiro atoms. The highest BCUT2D eigenvalue weighted by Gasteiger charge is 2.32. The van der Waals surface area contributed by atoms with Gasteiger partial charge in [-0.2, -0.15) is 0 Å². The summed E-state index contributed by atoms with van der Waals surface area (Å²) in [6.07, 6.45) is 0.890. The molecule has 0 fully saturated rings. The summed E-state index contributed by atoms with van der Waals surface area (Å²) in [7, 11) is 0. The second kappa shape index (κ2) is 4.45. The SMILES string of the molecule is Cc1nc(-c2cccc3c2OC(C)(C)C3)nc(N)c1Br. The van der Waals surface area contributed by atoms with Crippen molar-refractivity contribution in [3.05, 3.63) is 33.9 Å². The fraction of sp³-hybridized carbons (Fsp3) is 0.333. The average Bonchev–Trinajstić information content (AvgIpc) is 2.68. The number of hydrogen-bond donors (Lipinski definition) is 1. The monoisotopic (exact) mass is 333 g/mol. The molecule has 0 saturated heterocycles. The summed E-state index contributed by atoms with van der Waals surface area (Å²) in [4.78, 5) is 8.88. The zero-order valence-corrected chi connectivity index (χ0v) is 13.3. The van der Waals surface area contributed by atoms with Crippen LogP contribution in [-0.2, 0) is 6.42 Å². The minimum Gasteiger partial charge on any atom is -0.486 e. The molecule has 1 aliphatic rings. The zero-order valence-electron chi connectivity index (χ0n) is 11.7. The molecule has 3 rings (SSSR count). The van der Waals surface area contributed by atoms with E-state index >= 15 is 0 Å². The Bertz CT molecular complexity index is 675. The maximum Gasteiger partial charge on any atom is 0.165 e. The van der Waals surface area contributed by atoms with Gasteiger partial charge in [0.25, 0.3) is 0 Å². The number of nitrogen functional groups attached to an aromatic ring is 1. The van der Waals surface area contributed by atoms with E-state index in [9.17, 15) is 0 Å². The fourth-order valence-electron chi connectivity index (χ4n) is 2.49. The Morgan fingerprint density at radius 2 is 2.05 bits per heavy atom. The summed E-state index contributed by atoms with van der Waals surface area (Å²) in [5.74, 6) is 1.93. The van der Waals surface area contributed by atoms with Gasteiger partial charge >= 0.3 is 0 Å². The third-order valence-electron chi connectivity index (χ3n) is 3.37. The molecule has 2 heterocycles. The number of ether oxygens (including phenoxy) is 1. The van der Waals surface area contributed by atoms with Crippen molar-refractivity contribution in [1.82, 2.24) is 9.97 Å². The molecule has 0 aliphatic carbocycles. The van der Waals surface area contributed by atoms with Crippen molar-refractivity contribution in [1.29, 1.82) is 0 Å². The van der Waals surface area contributed by atoms with E-state index in [-0.39, 0.29) is 5.60 Å². The third-order valence-corrected chi connectivity index (χ3v) is 4.35. The number of nitrogens with two attached hydrogens (primary N) is 1. The number of nitrogens with zero attached hydrogens (tertiary/aromatic N) is 2. The number of hydrogen-bond acceptors (Lipinski definition) is 4. The first-order valence-electron chi connectivity index (χ1n) is 6.48. The van der Waals surface area contributed by atoms with Gasteiger partial charge in [0.15, 0.2) is 5.82 Å². The molecule has 2 aromatic rings. The van der Waals surface area contributed by atoms with E-state index in [0.717, 1.165) is 27.9 Å². The molecule has 1 aromatic carbocycles. The van der Waals surface area contributed by atoms with Gasteiger partial charge in [-0.05, 0) is 48.3 Å². The van der Waals surface area contributed by atoms with Crippen molar-refractivity contribution in [2.24, 2.45) is 0 Å². The second-order valence-electron chi connectivity index (χ2n) is 5.66. The number of anilines is 1. The molecule has 4 nitrogen and oxygen atoms in total. The first kappa shape index (κ1) is 13.4. The lowest BCUT2D eigenvalue weighted by Gasteiger charge is -2.18. The van der Waals surface area contributed by atoms with Crippen LogP contribution in [0.25, 0.3) is 11.4 Å². The predicted molar refractivity (Wildman–Crippen MR) is 82.7 cm³/mol. The van der Waals surface area contributed by atoms with Gasteiger partial charge in [-0.3, -0.25) is 0 Å². The normalized spacial score (nSPS) is 15.8. The molecule has 104 valence electrons. The molecule has 0 unspecified atom stereocenters. The summed E-state index contributed by atoms with van der Waals surface area (Å²) in [5, 5.41) is 0.